The van der Waals surface area contributed by atoms with Gasteiger partial charge in [0.2, 0.25) is 0 Å². The smallest absolute Gasteiger partial charge is 0.333 e. The Morgan fingerprint density at radius 3 is 2.53 bits per heavy atom. The summed E-state index contributed by atoms with van der Waals surface area (Å²) in [5.41, 5.74) is 0.493. The van der Waals surface area contributed by atoms with Crippen LogP contribution in [-0.4, -0.2) is 12.6 Å². The molecule has 3 unspecified atom stereocenters. The van der Waals surface area contributed by atoms with Crippen LogP contribution in [-0.2, 0) is 9.53 Å². The molecule has 1 aliphatic carbocycles. The van der Waals surface area contributed by atoms with Crippen LogP contribution < -0.4 is 0 Å². The molecule has 2 heteroatoms. The molecular formula is C13H22O2. The molecule has 1 saturated carbocycles. The average Bonchev–Trinajstić information content (AvgIpc) is 2.19. The van der Waals surface area contributed by atoms with E-state index < -0.39 is 0 Å². The summed E-state index contributed by atoms with van der Waals surface area (Å²) in [6.07, 6.45) is 3.63. The Bertz CT molecular complexity index is 245. The van der Waals surface area contributed by atoms with Gasteiger partial charge in [-0.15, -0.1) is 0 Å². The molecule has 0 aliphatic heterocycles. The fraction of sp³-hybridized carbons (Fsp3) is 0.769. The predicted molar refractivity (Wildman–Crippen MR) is 61.4 cm³/mol. The van der Waals surface area contributed by atoms with E-state index in [9.17, 15) is 4.79 Å². The molecule has 3 atom stereocenters. The molecule has 0 spiro atoms. The first kappa shape index (κ1) is 12.3. The van der Waals surface area contributed by atoms with Gasteiger partial charge in [-0.05, 0) is 37.5 Å². The minimum atomic E-state index is -0.249. The number of hydrogen-bond donors (Lipinski definition) is 0. The maximum absolute atomic E-state index is 11.2. The first-order chi connectivity index (χ1) is 7.00. The Morgan fingerprint density at radius 2 is 2.00 bits per heavy atom. The molecule has 0 aromatic rings. The number of ether oxygens (including phenoxy) is 1. The third kappa shape index (κ3) is 3.69. The van der Waals surface area contributed by atoms with Crippen LogP contribution >= 0.6 is 0 Å². The summed E-state index contributed by atoms with van der Waals surface area (Å²) in [5.74, 6) is 1.88. The lowest BCUT2D eigenvalue weighted by atomic mass is 9.76. The number of carbonyl (C=O) groups is 1. The van der Waals surface area contributed by atoms with Gasteiger partial charge in [0.15, 0.2) is 0 Å². The molecule has 15 heavy (non-hydrogen) atoms. The van der Waals surface area contributed by atoms with Crippen molar-refractivity contribution in [2.45, 2.75) is 40.0 Å². The van der Waals surface area contributed by atoms with Crippen LogP contribution in [0.4, 0.5) is 0 Å². The Morgan fingerprint density at radius 1 is 1.33 bits per heavy atom. The van der Waals surface area contributed by atoms with Gasteiger partial charge in [-0.2, -0.15) is 0 Å². The van der Waals surface area contributed by atoms with Crippen molar-refractivity contribution in [1.29, 1.82) is 0 Å². The maximum Gasteiger partial charge on any atom is 0.333 e. The zero-order chi connectivity index (χ0) is 11.4. The van der Waals surface area contributed by atoms with Crippen LogP contribution in [0.5, 0.6) is 0 Å². The molecule has 0 N–H and O–H groups in total. The summed E-state index contributed by atoms with van der Waals surface area (Å²) in [7, 11) is 0. The van der Waals surface area contributed by atoms with Crippen LogP contribution in [0.1, 0.15) is 40.0 Å². The van der Waals surface area contributed by atoms with E-state index in [1.54, 1.807) is 6.92 Å². The van der Waals surface area contributed by atoms with Crippen molar-refractivity contribution in [3.63, 3.8) is 0 Å². The van der Waals surface area contributed by atoms with E-state index in [1.807, 2.05) is 0 Å². The number of carbonyl (C=O) groups excluding carboxylic acids is 1. The normalized spacial score (nSPS) is 31.0. The van der Waals surface area contributed by atoms with Gasteiger partial charge >= 0.3 is 5.97 Å². The molecule has 2 nitrogen and oxygen atoms in total. The highest BCUT2D eigenvalue weighted by atomic mass is 16.5. The molecule has 86 valence electrons. The lowest BCUT2D eigenvalue weighted by Gasteiger charge is -2.31. The van der Waals surface area contributed by atoms with Crippen LogP contribution in [0.3, 0.4) is 0 Å². The van der Waals surface area contributed by atoms with Crippen LogP contribution in [0, 0.1) is 17.8 Å². The van der Waals surface area contributed by atoms with E-state index in [0.29, 0.717) is 18.1 Å². The molecule has 1 rings (SSSR count). The molecule has 0 saturated heterocycles. The minimum Gasteiger partial charge on any atom is -0.462 e. The van der Waals surface area contributed by atoms with E-state index in [-0.39, 0.29) is 5.97 Å². The van der Waals surface area contributed by atoms with Crippen molar-refractivity contribution in [2.24, 2.45) is 17.8 Å². The van der Waals surface area contributed by atoms with Crippen LogP contribution in [0.25, 0.3) is 0 Å². The second kappa shape index (κ2) is 5.34. The summed E-state index contributed by atoms with van der Waals surface area (Å²) < 4.78 is 5.19. The van der Waals surface area contributed by atoms with Gasteiger partial charge in [-0.25, -0.2) is 4.79 Å². The molecule has 0 heterocycles. The largest absolute Gasteiger partial charge is 0.462 e. The topological polar surface area (TPSA) is 26.3 Å². The Hall–Kier alpha value is -0.790. The van der Waals surface area contributed by atoms with E-state index in [4.69, 9.17) is 4.74 Å². The Balaban J connectivity index is 2.28. The van der Waals surface area contributed by atoms with E-state index in [2.05, 4.69) is 20.4 Å². The van der Waals surface area contributed by atoms with Crippen molar-refractivity contribution >= 4 is 5.97 Å². The first-order valence-corrected chi connectivity index (χ1v) is 5.83. The highest BCUT2D eigenvalue weighted by Crippen LogP contribution is 2.33. The Labute approximate surface area is 92.7 Å². The monoisotopic (exact) mass is 210 g/mol. The fourth-order valence-electron chi connectivity index (χ4n) is 2.13. The second-order valence-corrected chi connectivity index (χ2v) is 5.01. The molecule has 0 aromatic heterocycles. The van der Waals surface area contributed by atoms with Gasteiger partial charge in [-0.3, -0.25) is 0 Å². The lowest BCUT2D eigenvalue weighted by Crippen LogP contribution is -2.25. The molecule has 1 fully saturated rings. The summed E-state index contributed by atoms with van der Waals surface area (Å²) in [4.78, 5) is 11.2. The third-order valence-corrected chi connectivity index (χ3v) is 3.51. The summed E-state index contributed by atoms with van der Waals surface area (Å²) in [6, 6.07) is 0. The van der Waals surface area contributed by atoms with Crippen molar-refractivity contribution in [1.82, 2.24) is 0 Å². The number of hydrogen-bond acceptors (Lipinski definition) is 2. The lowest BCUT2D eigenvalue weighted by molar-refractivity contribution is -0.140. The van der Waals surface area contributed by atoms with Gasteiger partial charge < -0.3 is 4.74 Å². The van der Waals surface area contributed by atoms with Crippen LogP contribution in [0.2, 0.25) is 0 Å². The van der Waals surface area contributed by atoms with E-state index in [0.717, 1.165) is 11.8 Å². The molecule has 0 radical (unpaired) electrons. The highest BCUT2D eigenvalue weighted by Gasteiger charge is 2.25. The summed E-state index contributed by atoms with van der Waals surface area (Å²) in [5, 5.41) is 0. The van der Waals surface area contributed by atoms with E-state index in [1.165, 1.54) is 19.3 Å². The standard InChI is InChI=1S/C13H22O2/c1-9(2)13(14)15-8-12-6-5-10(3)11(4)7-12/h10-12H,1,5-8H2,2-4H3. The number of rotatable bonds is 3. The van der Waals surface area contributed by atoms with Gasteiger partial charge in [0.25, 0.3) is 0 Å². The highest BCUT2D eigenvalue weighted by molar-refractivity contribution is 5.86. The van der Waals surface area contributed by atoms with E-state index >= 15 is 0 Å². The average molecular weight is 210 g/mol. The molecular weight excluding hydrogens is 188 g/mol. The van der Waals surface area contributed by atoms with Crippen LogP contribution in [0.15, 0.2) is 12.2 Å². The van der Waals surface area contributed by atoms with Gasteiger partial charge in [0, 0.05) is 5.57 Å². The quantitative estimate of drug-likeness (QED) is 0.528. The molecule has 0 aromatic carbocycles. The number of esters is 1. The van der Waals surface area contributed by atoms with Crippen molar-refractivity contribution in [3.05, 3.63) is 12.2 Å². The predicted octanol–water partition coefficient (Wildman–Crippen LogP) is 3.18. The molecule has 0 bridgehead atoms. The first-order valence-electron chi connectivity index (χ1n) is 5.83. The van der Waals surface area contributed by atoms with Gasteiger partial charge in [0.05, 0.1) is 6.61 Å². The maximum atomic E-state index is 11.2. The van der Waals surface area contributed by atoms with Gasteiger partial charge in [-0.1, -0.05) is 26.8 Å². The second-order valence-electron chi connectivity index (χ2n) is 5.01. The zero-order valence-electron chi connectivity index (χ0n) is 10.1. The SMILES string of the molecule is C=C(C)C(=O)OCC1CCC(C)C(C)C1. The Kier molecular flexibility index (Phi) is 4.37. The molecule has 0 amide bonds. The minimum absolute atomic E-state index is 0.249. The molecule has 1 aliphatic rings. The van der Waals surface area contributed by atoms with Gasteiger partial charge in [0.1, 0.15) is 0 Å². The van der Waals surface area contributed by atoms with Crippen molar-refractivity contribution in [2.75, 3.05) is 6.61 Å². The summed E-state index contributed by atoms with van der Waals surface area (Å²) in [6.45, 7) is 10.4. The fourth-order valence-corrected chi connectivity index (χ4v) is 2.13. The van der Waals surface area contributed by atoms with Crippen molar-refractivity contribution < 1.29 is 9.53 Å². The third-order valence-electron chi connectivity index (χ3n) is 3.51. The summed E-state index contributed by atoms with van der Waals surface area (Å²) >= 11 is 0. The van der Waals surface area contributed by atoms with Crippen molar-refractivity contribution in [3.8, 4) is 0 Å². The zero-order valence-corrected chi connectivity index (χ0v) is 10.1.